The highest BCUT2D eigenvalue weighted by Gasteiger charge is 2.22. The summed E-state index contributed by atoms with van der Waals surface area (Å²) in [6.45, 7) is 8.60. The van der Waals surface area contributed by atoms with Crippen LogP contribution < -0.4 is 10.5 Å². The molecule has 0 saturated heterocycles. The zero-order valence-electron chi connectivity index (χ0n) is 11.4. The van der Waals surface area contributed by atoms with E-state index in [-0.39, 0.29) is 12.5 Å². The number of nitrogens with two attached hydrogens (primary N) is 1. The van der Waals surface area contributed by atoms with Gasteiger partial charge in [0, 0.05) is 0 Å². The minimum Gasteiger partial charge on any atom is -0.444 e. The van der Waals surface area contributed by atoms with Gasteiger partial charge in [-0.1, -0.05) is 13.8 Å². The van der Waals surface area contributed by atoms with Gasteiger partial charge in [0.25, 0.3) is 0 Å². The number of ether oxygens (including phenoxy) is 1. The monoisotopic (exact) mass is 282 g/mol. The molecule has 108 valence electrons. The standard InChI is InChI=1S/C10H22N2O5S/c1-7(2)8(6-16-18(11,14)15)12-9(13)17-10(3,4)5/h7-8H,6H2,1-5H3,(H,12,13)(H2,11,14,15). The van der Waals surface area contributed by atoms with Crippen LogP contribution in [-0.2, 0) is 19.2 Å². The van der Waals surface area contributed by atoms with E-state index in [1.54, 1.807) is 20.8 Å². The van der Waals surface area contributed by atoms with E-state index < -0.39 is 28.0 Å². The molecule has 0 rings (SSSR count). The molecule has 0 aromatic carbocycles. The van der Waals surface area contributed by atoms with Crippen molar-refractivity contribution in [1.29, 1.82) is 0 Å². The molecule has 0 fully saturated rings. The quantitative estimate of drug-likeness (QED) is 0.773. The van der Waals surface area contributed by atoms with Crippen LogP contribution in [0.5, 0.6) is 0 Å². The molecule has 8 heteroatoms. The molecule has 0 saturated carbocycles. The fourth-order valence-electron chi connectivity index (χ4n) is 1.03. The summed E-state index contributed by atoms with van der Waals surface area (Å²) < 4.78 is 30.9. The average molecular weight is 282 g/mol. The summed E-state index contributed by atoms with van der Waals surface area (Å²) in [6.07, 6.45) is -0.626. The predicted octanol–water partition coefficient (Wildman–Crippen LogP) is 0.756. The molecular weight excluding hydrogens is 260 g/mol. The first kappa shape index (κ1) is 17.1. The van der Waals surface area contributed by atoms with Gasteiger partial charge in [-0.15, -0.1) is 0 Å². The van der Waals surface area contributed by atoms with E-state index in [2.05, 4.69) is 9.50 Å². The van der Waals surface area contributed by atoms with Gasteiger partial charge in [-0.05, 0) is 26.7 Å². The molecular formula is C10H22N2O5S. The summed E-state index contributed by atoms with van der Waals surface area (Å²) in [5.41, 5.74) is -0.619. The van der Waals surface area contributed by atoms with Crippen LogP contribution in [0.3, 0.4) is 0 Å². The van der Waals surface area contributed by atoms with Crippen LogP contribution in [0.15, 0.2) is 0 Å². The van der Waals surface area contributed by atoms with Crippen molar-refractivity contribution in [1.82, 2.24) is 5.32 Å². The maximum Gasteiger partial charge on any atom is 0.407 e. The van der Waals surface area contributed by atoms with Gasteiger partial charge < -0.3 is 10.1 Å². The number of hydrogen-bond acceptors (Lipinski definition) is 5. The first-order valence-electron chi connectivity index (χ1n) is 5.57. The highest BCUT2D eigenvalue weighted by molar-refractivity contribution is 7.84. The van der Waals surface area contributed by atoms with E-state index in [4.69, 9.17) is 9.88 Å². The van der Waals surface area contributed by atoms with E-state index in [1.165, 1.54) is 0 Å². The molecule has 0 bridgehead atoms. The molecule has 0 aliphatic heterocycles. The first-order chi connectivity index (χ1) is 7.91. The van der Waals surface area contributed by atoms with Gasteiger partial charge in [-0.3, -0.25) is 4.18 Å². The van der Waals surface area contributed by atoms with Crippen LogP contribution in [0.2, 0.25) is 0 Å². The fraction of sp³-hybridized carbons (Fsp3) is 0.900. The van der Waals surface area contributed by atoms with Crippen LogP contribution in [0.4, 0.5) is 4.79 Å². The molecule has 0 aromatic heterocycles. The second-order valence-corrected chi connectivity index (χ2v) is 6.50. The summed E-state index contributed by atoms with van der Waals surface area (Å²) in [7, 11) is -4.02. The van der Waals surface area contributed by atoms with Crippen LogP contribution in [0.1, 0.15) is 34.6 Å². The van der Waals surface area contributed by atoms with Crippen LogP contribution >= 0.6 is 0 Å². The summed E-state index contributed by atoms with van der Waals surface area (Å²) in [5, 5.41) is 7.26. The maximum atomic E-state index is 11.5. The third-order valence-electron chi connectivity index (χ3n) is 1.92. The summed E-state index contributed by atoms with van der Waals surface area (Å²) in [6, 6.07) is -0.502. The van der Waals surface area contributed by atoms with Gasteiger partial charge in [0.2, 0.25) is 0 Å². The van der Waals surface area contributed by atoms with Crippen molar-refractivity contribution >= 4 is 16.4 Å². The first-order valence-corrected chi connectivity index (χ1v) is 7.04. The van der Waals surface area contributed by atoms with E-state index in [9.17, 15) is 13.2 Å². The van der Waals surface area contributed by atoms with Crippen molar-refractivity contribution in [2.24, 2.45) is 11.1 Å². The number of alkyl carbamates (subject to hydrolysis) is 1. The summed E-state index contributed by atoms with van der Waals surface area (Å²) in [5.74, 6) is -0.0285. The Balaban J connectivity index is 4.41. The Labute approximate surface area is 108 Å². The molecule has 0 aliphatic rings. The highest BCUT2D eigenvalue weighted by atomic mass is 32.2. The Kier molecular flexibility index (Phi) is 6.05. The lowest BCUT2D eigenvalue weighted by molar-refractivity contribution is 0.0469. The molecule has 1 amide bonds. The molecule has 7 nitrogen and oxygen atoms in total. The zero-order valence-corrected chi connectivity index (χ0v) is 12.2. The van der Waals surface area contributed by atoms with E-state index in [0.717, 1.165) is 0 Å². The lowest BCUT2D eigenvalue weighted by atomic mass is 10.1. The topological polar surface area (TPSA) is 108 Å². The van der Waals surface area contributed by atoms with Crippen LogP contribution in [-0.4, -0.2) is 32.8 Å². The molecule has 1 unspecified atom stereocenters. The molecule has 0 radical (unpaired) electrons. The Morgan fingerprint density at radius 1 is 1.33 bits per heavy atom. The minimum absolute atomic E-state index is 0.0285. The smallest absolute Gasteiger partial charge is 0.407 e. The van der Waals surface area contributed by atoms with Crippen molar-refractivity contribution in [3.8, 4) is 0 Å². The third kappa shape index (κ3) is 9.20. The van der Waals surface area contributed by atoms with Crippen molar-refractivity contribution in [2.45, 2.75) is 46.3 Å². The number of carbonyl (C=O) groups excluding carboxylic acids is 1. The van der Waals surface area contributed by atoms with Crippen molar-refractivity contribution in [3.05, 3.63) is 0 Å². The predicted molar refractivity (Wildman–Crippen MR) is 67.1 cm³/mol. The molecule has 3 N–H and O–H groups in total. The van der Waals surface area contributed by atoms with Gasteiger partial charge in [0.05, 0.1) is 12.6 Å². The number of amides is 1. The molecule has 1 atom stereocenters. The second kappa shape index (κ2) is 6.35. The number of carbonyl (C=O) groups is 1. The van der Waals surface area contributed by atoms with Gasteiger partial charge in [0.1, 0.15) is 5.60 Å². The maximum absolute atomic E-state index is 11.5. The number of rotatable bonds is 5. The lowest BCUT2D eigenvalue weighted by Crippen LogP contribution is -2.45. The largest absolute Gasteiger partial charge is 0.444 e. The number of hydrogen-bond donors (Lipinski definition) is 2. The normalized spacial score (nSPS) is 14.4. The lowest BCUT2D eigenvalue weighted by Gasteiger charge is -2.25. The second-order valence-electron chi connectivity index (χ2n) is 5.27. The summed E-state index contributed by atoms with van der Waals surface area (Å²) >= 11 is 0. The Hall–Kier alpha value is -0.860. The molecule has 18 heavy (non-hydrogen) atoms. The van der Waals surface area contributed by atoms with E-state index in [1.807, 2.05) is 13.8 Å². The van der Waals surface area contributed by atoms with Gasteiger partial charge >= 0.3 is 16.4 Å². The SMILES string of the molecule is CC(C)C(COS(N)(=O)=O)NC(=O)OC(C)(C)C. The van der Waals surface area contributed by atoms with Crippen molar-refractivity contribution < 1.29 is 22.1 Å². The zero-order chi connectivity index (χ0) is 14.6. The third-order valence-corrected chi connectivity index (χ3v) is 2.38. The highest BCUT2D eigenvalue weighted by Crippen LogP contribution is 2.09. The van der Waals surface area contributed by atoms with Crippen molar-refractivity contribution in [2.75, 3.05) is 6.61 Å². The average Bonchev–Trinajstić information content (AvgIpc) is 2.06. The molecule has 0 aromatic rings. The molecule has 0 heterocycles. The Morgan fingerprint density at radius 2 is 1.83 bits per heavy atom. The Morgan fingerprint density at radius 3 is 2.17 bits per heavy atom. The Bertz CT molecular complexity index is 372. The van der Waals surface area contributed by atoms with Gasteiger partial charge in [-0.2, -0.15) is 8.42 Å². The van der Waals surface area contributed by atoms with E-state index >= 15 is 0 Å². The van der Waals surface area contributed by atoms with Crippen LogP contribution in [0, 0.1) is 5.92 Å². The number of nitrogens with one attached hydrogen (secondary N) is 1. The van der Waals surface area contributed by atoms with Gasteiger partial charge in [-0.25, -0.2) is 9.93 Å². The minimum atomic E-state index is -4.02. The van der Waals surface area contributed by atoms with E-state index in [0.29, 0.717) is 0 Å². The van der Waals surface area contributed by atoms with Crippen LogP contribution in [0.25, 0.3) is 0 Å². The molecule has 0 spiro atoms. The molecule has 0 aliphatic carbocycles. The fourth-order valence-corrected chi connectivity index (χ4v) is 1.36. The summed E-state index contributed by atoms with van der Waals surface area (Å²) in [4.78, 5) is 11.5. The van der Waals surface area contributed by atoms with Crippen molar-refractivity contribution in [3.63, 3.8) is 0 Å². The van der Waals surface area contributed by atoms with Gasteiger partial charge in [0.15, 0.2) is 0 Å².